The minimum Gasteiger partial charge on any atom is -0.506 e. The zero-order valence-electron chi connectivity index (χ0n) is 10.00. The Balaban J connectivity index is 1.88. The lowest BCUT2D eigenvalue weighted by Crippen LogP contribution is -2.59. The van der Waals surface area contributed by atoms with Crippen LogP contribution < -0.4 is 10.6 Å². The SMILES string of the molecule is CC1(OCC(=O)Nc2cc(Br)ccc2O)CNC1. The summed E-state index contributed by atoms with van der Waals surface area (Å²) in [6.45, 7) is 3.43. The highest BCUT2D eigenvalue weighted by molar-refractivity contribution is 9.10. The summed E-state index contributed by atoms with van der Waals surface area (Å²) in [6.07, 6.45) is 0. The molecule has 0 aliphatic carbocycles. The van der Waals surface area contributed by atoms with Crippen molar-refractivity contribution in [3.8, 4) is 5.75 Å². The summed E-state index contributed by atoms with van der Waals surface area (Å²) in [7, 11) is 0. The molecule has 0 aromatic heterocycles. The van der Waals surface area contributed by atoms with Gasteiger partial charge in [-0.15, -0.1) is 0 Å². The van der Waals surface area contributed by atoms with Crippen LogP contribution in [0.5, 0.6) is 5.75 Å². The summed E-state index contributed by atoms with van der Waals surface area (Å²) >= 11 is 3.28. The average Bonchev–Trinajstić information content (AvgIpc) is 2.29. The van der Waals surface area contributed by atoms with Crippen molar-refractivity contribution < 1.29 is 14.6 Å². The second kappa shape index (κ2) is 5.26. The number of anilines is 1. The van der Waals surface area contributed by atoms with E-state index in [2.05, 4.69) is 26.6 Å². The first kappa shape index (κ1) is 13.3. The van der Waals surface area contributed by atoms with Gasteiger partial charge in [0, 0.05) is 17.6 Å². The van der Waals surface area contributed by atoms with E-state index >= 15 is 0 Å². The molecule has 18 heavy (non-hydrogen) atoms. The van der Waals surface area contributed by atoms with E-state index in [1.54, 1.807) is 12.1 Å². The van der Waals surface area contributed by atoms with Gasteiger partial charge in [0.15, 0.2) is 0 Å². The smallest absolute Gasteiger partial charge is 0.250 e. The second-order valence-corrected chi connectivity index (χ2v) is 5.47. The lowest BCUT2D eigenvalue weighted by molar-refractivity contribution is -0.130. The number of hydrogen-bond donors (Lipinski definition) is 3. The van der Waals surface area contributed by atoms with Gasteiger partial charge in [-0.25, -0.2) is 0 Å². The normalized spacial score (nSPS) is 17.0. The molecular formula is C12H15BrN2O3. The fourth-order valence-corrected chi connectivity index (χ4v) is 1.97. The average molecular weight is 315 g/mol. The predicted octanol–water partition coefficient (Wildman–Crippen LogP) is 1.47. The zero-order valence-corrected chi connectivity index (χ0v) is 11.6. The zero-order chi connectivity index (χ0) is 13.2. The molecule has 1 aliphatic heterocycles. The quantitative estimate of drug-likeness (QED) is 0.736. The summed E-state index contributed by atoms with van der Waals surface area (Å²) in [4.78, 5) is 11.7. The molecular weight excluding hydrogens is 300 g/mol. The van der Waals surface area contributed by atoms with Gasteiger partial charge in [-0.2, -0.15) is 0 Å². The molecule has 0 atom stereocenters. The Bertz CT molecular complexity index is 461. The van der Waals surface area contributed by atoms with Gasteiger partial charge < -0.3 is 20.5 Å². The van der Waals surface area contributed by atoms with Crippen LogP contribution in [0.3, 0.4) is 0 Å². The Morgan fingerprint density at radius 1 is 1.61 bits per heavy atom. The molecule has 98 valence electrons. The van der Waals surface area contributed by atoms with Crippen molar-refractivity contribution in [2.75, 3.05) is 25.0 Å². The number of hydrogen-bond acceptors (Lipinski definition) is 4. The number of carbonyl (C=O) groups excluding carboxylic acids is 1. The van der Waals surface area contributed by atoms with Crippen LogP contribution in [0.1, 0.15) is 6.92 Å². The molecule has 1 aliphatic rings. The van der Waals surface area contributed by atoms with Crippen LogP contribution in [0.15, 0.2) is 22.7 Å². The third kappa shape index (κ3) is 3.22. The summed E-state index contributed by atoms with van der Waals surface area (Å²) < 4.78 is 6.29. The first-order valence-corrected chi connectivity index (χ1v) is 6.41. The Hall–Kier alpha value is -1.11. The third-order valence-corrected chi connectivity index (χ3v) is 3.28. The van der Waals surface area contributed by atoms with Gasteiger partial charge in [0.2, 0.25) is 0 Å². The number of carbonyl (C=O) groups is 1. The Labute approximate surface area is 114 Å². The molecule has 6 heteroatoms. The number of aromatic hydroxyl groups is 1. The first-order valence-electron chi connectivity index (χ1n) is 5.62. The topological polar surface area (TPSA) is 70.6 Å². The van der Waals surface area contributed by atoms with E-state index < -0.39 is 0 Å². The fourth-order valence-electron chi connectivity index (χ4n) is 1.61. The molecule has 0 bridgehead atoms. The molecule has 1 amide bonds. The Morgan fingerprint density at radius 3 is 2.94 bits per heavy atom. The van der Waals surface area contributed by atoms with Crippen molar-refractivity contribution in [1.82, 2.24) is 5.32 Å². The number of nitrogens with one attached hydrogen (secondary N) is 2. The van der Waals surface area contributed by atoms with Crippen LogP contribution in [0, 0.1) is 0 Å². The molecule has 1 aromatic carbocycles. The van der Waals surface area contributed by atoms with Crippen LogP contribution in [0.2, 0.25) is 0 Å². The van der Waals surface area contributed by atoms with Crippen molar-refractivity contribution >= 4 is 27.5 Å². The van der Waals surface area contributed by atoms with Crippen molar-refractivity contribution in [2.45, 2.75) is 12.5 Å². The van der Waals surface area contributed by atoms with Gasteiger partial charge in [-0.05, 0) is 25.1 Å². The number of benzene rings is 1. The molecule has 2 rings (SSSR count). The molecule has 0 unspecified atom stereocenters. The van der Waals surface area contributed by atoms with E-state index in [4.69, 9.17) is 4.74 Å². The summed E-state index contributed by atoms with van der Waals surface area (Å²) in [5.74, 6) is -0.250. The molecule has 0 radical (unpaired) electrons. The first-order chi connectivity index (χ1) is 8.48. The molecule has 1 fully saturated rings. The number of ether oxygens (including phenoxy) is 1. The fraction of sp³-hybridized carbons (Fsp3) is 0.417. The van der Waals surface area contributed by atoms with Gasteiger partial charge in [-0.3, -0.25) is 4.79 Å². The molecule has 0 saturated carbocycles. The van der Waals surface area contributed by atoms with Crippen LogP contribution in [-0.4, -0.2) is 36.3 Å². The maximum absolute atomic E-state index is 11.7. The largest absolute Gasteiger partial charge is 0.506 e. The van der Waals surface area contributed by atoms with E-state index in [-0.39, 0.29) is 23.9 Å². The Kier molecular flexibility index (Phi) is 3.89. The minimum atomic E-state index is -0.281. The minimum absolute atomic E-state index is 0.0237. The summed E-state index contributed by atoms with van der Waals surface area (Å²) in [6, 6.07) is 4.85. The van der Waals surface area contributed by atoms with E-state index in [1.807, 2.05) is 6.92 Å². The van der Waals surface area contributed by atoms with Crippen molar-refractivity contribution in [1.29, 1.82) is 0 Å². The summed E-state index contributed by atoms with van der Waals surface area (Å²) in [5, 5.41) is 15.3. The van der Waals surface area contributed by atoms with Gasteiger partial charge in [0.25, 0.3) is 5.91 Å². The van der Waals surface area contributed by atoms with E-state index in [9.17, 15) is 9.90 Å². The Morgan fingerprint density at radius 2 is 2.33 bits per heavy atom. The monoisotopic (exact) mass is 314 g/mol. The van der Waals surface area contributed by atoms with E-state index in [0.29, 0.717) is 5.69 Å². The second-order valence-electron chi connectivity index (χ2n) is 4.55. The molecule has 1 saturated heterocycles. The number of phenolic OH excluding ortho intramolecular Hbond substituents is 1. The lowest BCUT2D eigenvalue weighted by atomic mass is 10.0. The van der Waals surface area contributed by atoms with Crippen LogP contribution >= 0.6 is 15.9 Å². The summed E-state index contributed by atoms with van der Waals surface area (Å²) in [5.41, 5.74) is 0.117. The highest BCUT2D eigenvalue weighted by Gasteiger charge is 2.33. The molecule has 1 aromatic rings. The predicted molar refractivity (Wildman–Crippen MR) is 71.7 cm³/mol. The molecule has 1 heterocycles. The van der Waals surface area contributed by atoms with Crippen molar-refractivity contribution in [3.63, 3.8) is 0 Å². The number of halogens is 1. The van der Waals surface area contributed by atoms with Crippen LogP contribution in [0.4, 0.5) is 5.69 Å². The molecule has 0 spiro atoms. The van der Waals surface area contributed by atoms with Gasteiger partial charge >= 0.3 is 0 Å². The van der Waals surface area contributed by atoms with Crippen molar-refractivity contribution in [3.05, 3.63) is 22.7 Å². The van der Waals surface area contributed by atoms with E-state index in [0.717, 1.165) is 17.6 Å². The van der Waals surface area contributed by atoms with Gasteiger partial charge in [0.05, 0.1) is 11.3 Å². The van der Waals surface area contributed by atoms with Gasteiger partial charge in [-0.1, -0.05) is 15.9 Å². The maximum Gasteiger partial charge on any atom is 0.250 e. The number of rotatable bonds is 4. The van der Waals surface area contributed by atoms with E-state index in [1.165, 1.54) is 6.07 Å². The lowest BCUT2D eigenvalue weighted by Gasteiger charge is -2.38. The number of amides is 1. The van der Waals surface area contributed by atoms with Crippen LogP contribution in [-0.2, 0) is 9.53 Å². The standard InChI is InChI=1S/C12H15BrN2O3/c1-12(6-14-7-12)18-5-11(17)15-9-4-8(13)2-3-10(9)16/h2-4,14,16H,5-7H2,1H3,(H,15,17). The molecule has 5 nitrogen and oxygen atoms in total. The highest BCUT2D eigenvalue weighted by Crippen LogP contribution is 2.26. The highest BCUT2D eigenvalue weighted by atomic mass is 79.9. The third-order valence-electron chi connectivity index (χ3n) is 2.78. The van der Waals surface area contributed by atoms with Crippen molar-refractivity contribution in [2.24, 2.45) is 0 Å². The maximum atomic E-state index is 11.7. The molecule has 3 N–H and O–H groups in total. The van der Waals surface area contributed by atoms with Gasteiger partial charge in [0.1, 0.15) is 12.4 Å². The number of phenols is 1. The van der Waals surface area contributed by atoms with Crippen LogP contribution in [0.25, 0.3) is 0 Å².